The number of hydrogen-bond acceptors (Lipinski definition) is 5. The highest BCUT2D eigenvalue weighted by atomic mass is 16.5. The quantitative estimate of drug-likeness (QED) is 0.865. The van der Waals surface area contributed by atoms with E-state index in [1.54, 1.807) is 0 Å². The van der Waals surface area contributed by atoms with Crippen LogP contribution in [0.2, 0.25) is 0 Å². The lowest BCUT2D eigenvalue weighted by atomic mass is 10.1. The van der Waals surface area contributed by atoms with Gasteiger partial charge in [-0.25, -0.2) is 9.97 Å². The number of aryl methyl sites for hydroxylation is 2. The van der Waals surface area contributed by atoms with E-state index in [2.05, 4.69) is 41.0 Å². The van der Waals surface area contributed by atoms with Crippen LogP contribution in [0.5, 0.6) is 0 Å². The Morgan fingerprint density at radius 2 is 1.78 bits per heavy atom. The Morgan fingerprint density at radius 1 is 1.17 bits per heavy atom. The van der Waals surface area contributed by atoms with Crippen LogP contribution in [0.1, 0.15) is 23.9 Å². The first-order chi connectivity index (χ1) is 8.72. The van der Waals surface area contributed by atoms with Crippen LogP contribution in [-0.2, 0) is 11.3 Å². The molecule has 1 aliphatic rings. The second-order valence-electron chi connectivity index (χ2n) is 4.55. The highest BCUT2D eigenvalue weighted by molar-refractivity contribution is 5.36. The molecule has 1 aliphatic heterocycles. The maximum absolute atomic E-state index is 5.35. The molecule has 0 aliphatic carbocycles. The SMILES string of the molecule is CCNCc1c(C)nc(N2CCOCC2)nc1C. The third-order valence-electron chi connectivity index (χ3n) is 3.25. The average Bonchev–Trinajstić information content (AvgIpc) is 2.39. The Hall–Kier alpha value is -1.20. The van der Waals surface area contributed by atoms with E-state index in [9.17, 15) is 0 Å². The Labute approximate surface area is 109 Å². The fourth-order valence-corrected chi connectivity index (χ4v) is 2.13. The van der Waals surface area contributed by atoms with E-state index in [1.807, 2.05) is 0 Å². The minimum absolute atomic E-state index is 0.764. The van der Waals surface area contributed by atoms with Crippen LogP contribution in [0.25, 0.3) is 0 Å². The van der Waals surface area contributed by atoms with Gasteiger partial charge in [-0.05, 0) is 20.4 Å². The zero-order valence-corrected chi connectivity index (χ0v) is 11.5. The smallest absolute Gasteiger partial charge is 0.225 e. The Kier molecular flexibility index (Phi) is 4.49. The van der Waals surface area contributed by atoms with E-state index >= 15 is 0 Å². The number of nitrogens with zero attached hydrogens (tertiary/aromatic N) is 3. The van der Waals surface area contributed by atoms with Gasteiger partial charge in [0.25, 0.3) is 0 Å². The van der Waals surface area contributed by atoms with Gasteiger partial charge in [0.2, 0.25) is 5.95 Å². The van der Waals surface area contributed by atoms with Gasteiger partial charge >= 0.3 is 0 Å². The predicted molar refractivity (Wildman–Crippen MR) is 71.9 cm³/mol. The molecule has 18 heavy (non-hydrogen) atoms. The zero-order chi connectivity index (χ0) is 13.0. The number of aromatic nitrogens is 2. The van der Waals surface area contributed by atoms with Crippen molar-refractivity contribution in [3.63, 3.8) is 0 Å². The molecule has 1 fully saturated rings. The predicted octanol–water partition coefficient (Wildman–Crippen LogP) is 1.04. The Bertz CT molecular complexity index is 379. The normalized spacial score (nSPS) is 16.1. The van der Waals surface area contributed by atoms with Gasteiger partial charge in [-0.1, -0.05) is 6.92 Å². The molecule has 1 aromatic rings. The van der Waals surface area contributed by atoms with Gasteiger partial charge in [-0.2, -0.15) is 0 Å². The Morgan fingerprint density at radius 3 is 2.33 bits per heavy atom. The molecule has 0 saturated carbocycles. The second-order valence-corrected chi connectivity index (χ2v) is 4.55. The van der Waals surface area contributed by atoms with Crippen molar-refractivity contribution in [3.8, 4) is 0 Å². The van der Waals surface area contributed by atoms with Crippen molar-refractivity contribution >= 4 is 5.95 Å². The third kappa shape index (κ3) is 2.97. The van der Waals surface area contributed by atoms with E-state index in [0.29, 0.717) is 0 Å². The minimum Gasteiger partial charge on any atom is -0.378 e. The molecule has 0 aromatic carbocycles. The summed E-state index contributed by atoms with van der Waals surface area (Å²) in [7, 11) is 0. The second kappa shape index (κ2) is 6.11. The minimum atomic E-state index is 0.764. The first-order valence-corrected chi connectivity index (χ1v) is 6.60. The molecule has 0 radical (unpaired) electrons. The van der Waals surface area contributed by atoms with Crippen molar-refractivity contribution in [2.45, 2.75) is 27.3 Å². The molecule has 0 spiro atoms. The number of morpholine rings is 1. The molecule has 0 amide bonds. The van der Waals surface area contributed by atoms with Crippen LogP contribution in [0.4, 0.5) is 5.95 Å². The summed E-state index contributed by atoms with van der Waals surface area (Å²) in [5.41, 5.74) is 3.36. The summed E-state index contributed by atoms with van der Waals surface area (Å²) >= 11 is 0. The van der Waals surface area contributed by atoms with Gasteiger partial charge in [0, 0.05) is 36.6 Å². The molecule has 5 nitrogen and oxygen atoms in total. The number of ether oxygens (including phenoxy) is 1. The summed E-state index contributed by atoms with van der Waals surface area (Å²) < 4.78 is 5.35. The van der Waals surface area contributed by atoms with E-state index < -0.39 is 0 Å². The van der Waals surface area contributed by atoms with Crippen molar-refractivity contribution in [1.82, 2.24) is 15.3 Å². The van der Waals surface area contributed by atoms with Crippen LogP contribution >= 0.6 is 0 Å². The first-order valence-electron chi connectivity index (χ1n) is 6.60. The van der Waals surface area contributed by atoms with E-state index in [1.165, 1.54) is 5.56 Å². The van der Waals surface area contributed by atoms with Gasteiger partial charge in [0.05, 0.1) is 13.2 Å². The molecule has 2 rings (SSSR count). The van der Waals surface area contributed by atoms with Gasteiger partial charge in [0.1, 0.15) is 0 Å². The number of nitrogens with one attached hydrogen (secondary N) is 1. The Balaban J connectivity index is 2.18. The summed E-state index contributed by atoms with van der Waals surface area (Å²) in [4.78, 5) is 11.5. The molecular weight excluding hydrogens is 228 g/mol. The highest BCUT2D eigenvalue weighted by Gasteiger charge is 2.16. The average molecular weight is 250 g/mol. The zero-order valence-electron chi connectivity index (χ0n) is 11.5. The van der Waals surface area contributed by atoms with E-state index in [0.717, 1.165) is 56.7 Å². The summed E-state index contributed by atoms with van der Waals surface area (Å²) in [6, 6.07) is 0. The molecule has 2 heterocycles. The van der Waals surface area contributed by atoms with Crippen molar-refractivity contribution < 1.29 is 4.74 Å². The fourth-order valence-electron chi connectivity index (χ4n) is 2.13. The standard InChI is InChI=1S/C13H22N4O/c1-4-14-9-12-10(2)15-13(16-11(12)3)17-5-7-18-8-6-17/h14H,4-9H2,1-3H3. The molecule has 0 unspecified atom stereocenters. The molecule has 1 saturated heterocycles. The summed E-state index contributed by atoms with van der Waals surface area (Å²) in [5.74, 6) is 0.841. The number of rotatable bonds is 4. The van der Waals surface area contributed by atoms with Crippen molar-refractivity contribution in [1.29, 1.82) is 0 Å². The van der Waals surface area contributed by atoms with Crippen LogP contribution in [0, 0.1) is 13.8 Å². The lowest BCUT2D eigenvalue weighted by Gasteiger charge is -2.27. The molecular formula is C13H22N4O. The van der Waals surface area contributed by atoms with Crippen LogP contribution in [0.3, 0.4) is 0 Å². The van der Waals surface area contributed by atoms with Gasteiger partial charge in [-0.15, -0.1) is 0 Å². The maximum Gasteiger partial charge on any atom is 0.225 e. The summed E-state index contributed by atoms with van der Waals surface area (Å²) in [5, 5.41) is 3.33. The summed E-state index contributed by atoms with van der Waals surface area (Å²) in [6.45, 7) is 11.3. The van der Waals surface area contributed by atoms with Crippen LogP contribution < -0.4 is 10.2 Å². The topological polar surface area (TPSA) is 50.3 Å². The molecule has 100 valence electrons. The summed E-state index contributed by atoms with van der Waals surface area (Å²) in [6.07, 6.45) is 0. The molecule has 1 N–H and O–H groups in total. The molecule has 0 bridgehead atoms. The lowest BCUT2D eigenvalue weighted by molar-refractivity contribution is 0.122. The highest BCUT2D eigenvalue weighted by Crippen LogP contribution is 2.16. The first kappa shape index (κ1) is 13.2. The largest absolute Gasteiger partial charge is 0.378 e. The van der Waals surface area contributed by atoms with Crippen molar-refractivity contribution in [3.05, 3.63) is 17.0 Å². The van der Waals surface area contributed by atoms with Crippen LogP contribution in [-0.4, -0.2) is 42.8 Å². The van der Waals surface area contributed by atoms with Crippen molar-refractivity contribution in [2.75, 3.05) is 37.7 Å². The van der Waals surface area contributed by atoms with E-state index in [-0.39, 0.29) is 0 Å². The van der Waals surface area contributed by atoms with Crippen molar-refractivity contribution in [2.24, 2.45) is 0 Å². The fraction of sp³-hybridized carbons (Fsp3) is 0.692. The number of anilines is 1. The van der Waals surface area contributed by atoms with Gasteiger partial charge in [0.15, 0.2) is 0 Å². The lowest BCUT2D eigenvalue weighted by Crippen LogP contribution is -2.37. The number of hydrogen-bond donors (Lipinski definition) is 1. The third-order valence-corrected chi connectivity index (χ3v) is 3.25. The van der Waals surface area contributed by atoms with Crippen LogP contribution in [0.15, 0.2) is 0 Å². The maximum atomic E-state index is 5.35. The molecule has 5 heteroatoms. The monoisotopic (exact) mass is 250 g/mol. The molecule has 0 atom stereocenters. The van der Waals surface area contributed by atoms with Gasteiger partial charge in [-0.3, -0.25) is 0 Å². The molecule has 1 aromatic heterocycles. The van der Waals surface area contributed by atoms with E-state index in [4.69, 9.17) is 4.74 Å². The van der Waals surface area contributed by atoms with Gasteiger partial charge < -0.3 is 15.0 Å².